The van der Waals surface area contributed by atoms with Gasteiger partial charge in [-0.25, -0.2) is 0 Å². The summed E-state index contributed by atoms with van der Waals surface area (Å²) in [5.41, 5.74) is 1.35. The molecule has 2 aromatic carbocycles. The zero-order chi connectivity index (χ0) is 15.4. The maximum Gasteiger partial charge on any atom is 0.269 e. The van der Waals surface area contributed by atoms with Gasteiger partial charge >= 0.3 is 0 Å². The van der Waals surface area contributed by atoms with Crippen LogP contribution in [0.5, 0.6) is 0 Å². The number of carbonyl (C=O) groups is 1. The molecule has 0 radical (unpaired) electrons. The average molecular weight is 414 g/mol. The highest BCUT2D eigenvalue weighted by atomic mass is 79.9. The Morgan fingerprint density at radius 1 is 1.14 bits per heavy atom. The van der Waals surface area contributed by atoms with Crippen molar-refractivity contribution in [2.75, 3.05) is 0 Å². The number of hydrogen-bond acceptors (Lipinski definition) is 3. The van der Waals surface area contributed by atoms with E-state index in [9.17, 15) is 14.9 Å². The van der Waals surface area contributed by atoms with Crippen molar-refractivity contribution in [2.45, 2.75) is 6.54 Å². The highest BCUT2D eigenvalue weighted by Crippen LogP contribution is 2.22. The second-order valence-corrected chi connectivity index (χ2v) is 6.00. The quantitative estimate of drug-likeness (QED) is 0.607. The summed E-state index contributed by atoms with van der Waals surface area (Å²) < 4.78 is 1.57. The lowest BCUT2D eigenvalue weighted by atomic mass is 10.2. The van der Waals surface area contributed by atoms with Crippen LogP contribution in [0.25, 0.3) is 0 Å². The van der Waals surface area contributed by atoms with Gasteiger partial charge in [0.1, 0.15) is 0 Å². The Kier molecular flexibility index (Phi) is 5.08. The first-order chi connectivity index (χ1) is 9.97. The SMILES string of the molecule is O=C(NCc1ccc([N+](=O)[O-])cc1)c1ccc(Br)cc1Br. The number of benzene rings is 2. The van der Waals surface area contributed by atoms with Gasteiger partial charge in [-0.05, 0) is 39.7 Å². The number of nitro groups is 1. The van der Waals surface area contributed by atoms with Crippen LogP contribution < -0.4 is 5.32 Å². The topological polar surface area (TPSA) is 72.2 Å². The number of rotatable bonds is 4. The summed E-state index contributed by atoms with van der Waals surface area (Å²) in [4.78, 5) is 22.2. The first-order valence-corrected chi connectivity index (χ1v) is 7.52. The number of nitrogens with one attached hydrogen (secondary N) is 1. The summed E-state index contributed by atoms with van der Waals surface area (Å²) in [6.07, 6.45) is 0. The van der Waals surface area contributed by atoms with Crippen molar-refractivity contribution in [3.8, 4) is 0 Å². The van der Waals surface area contributed by atoms with Crippen LogP contribution >= 0.6 is 31.9 Å². The zero-order valence-electron chi connectivity index (χ0n) is 10.7. The molecule has 2 aromatic rings. The van der Waals surface area contributed by atoms with Gasteiger partial charge < -0.3 is 5.32 Å². The fourth-order valence-electron chi connectivity index (χ4n) is 1.69. The molecule has 0 saturated carbocycles. The van der Waals surface area contributed by atoms with Gasteiger partial charge in [-0.15, -0.1) is 0 Å². The molecular weight excluding hydrogens is 404 g/mol. The van der Waals surface area contributed by atoms with Crippen molar-refractivity contribution in [3.63, 3.8) is 0 Å². The summed E-state index contributed by atoms with van der Waals surface area (Å²) in [7, 11) is 0. The van der Waals surface area contributed by atoms with Crippen molar-refractivity contribution < 1.29 is 9.72 Å². The maximum absolute atomic E-state index is 12.1. The van der Waals surface area contributed by atoms with Gasteiger partial charge in [-0.3, -0.25) is 14.9 Å². The molecule has 21 heavy (non-hydrogen) atoms. The molecule has 0 fully saturated rings. The summed E-state index contributed by atoms with van der Waals surface area (Å²) >= 11 is 6.66. The Morgan fingerprint density at radius 3 is 2.38 bits per heavy atom. The van der Waals surface area contributed by atoms with Crippen molar-refractivity contribution in [1.29, 1.82) is 0 Å². The molecule has 0 aliphatic heterocycles. The van der Waals surface area contributed by atoms with E-state index in [4.69, 9.17) is 0 Å². The lowest BCUT2D eigenvalue weighted by Crippen LogP contribution is -2.23. The van der Waals surface area contributed by atoms with Crippen LogP contribution in [0.4, 0.5) is 5.69 Å². The molecule has 0 atom stereocenters. The highest BCUT2D eigenvalue weighted by molar-refractivity contribution is 9.11. The average Bonchev–Trinajstić information content (AvgIpc) is 2.45. The smallest absolute Gasteiger partial charge is 0.269 e. The van der Waals surface area contributed by atoms with E-state index in [1.165, 1.54) is 12.1 Å². The Balaban J connectivity index is 2.02. The van der Waals surface area contributed by atoms with Gasteiger partial charge in [-0.1, -0.05) is 28.1 Å². The van der Waals surface area contributed by atoms with Gasteiger partial charge in [0.15, 0.2) is 0 Å². The van der Waals surface area contributed by atoms with E-state index >= 15 is 0 Å². The summed E-state index contributed by atoms with van der Waals surface area (Å²) in [5, 5.41) is 13.3. The Hall–Kier alpha value is -1.73. The Morgan fingerprint density at radius 2 is 1.81 bits per heavy atom. The van der Waals surface area contributed by atoms with Crippen molar-refractivity contribution in [3.05, 3.63) is 72.7 Å². The van der Waals surface area contributed by atoms with E-state index in [1.54, 1.807) is 30.3 Å². The third kappa shape index (κ3) is 4.12. The van der Waals surface area contributed by atoms with Crippen LogP contribution in [-0.4, -0.2) is 10.8 Å². The predicted molar refractivity (Wildman–Crippen MR) is 86.1 cm³/mol. The fourth-order valence-corrected chi connectivity index (χ4v) is 2.91. The number of nitro benzene ring substituents is 1. The van der Waals surface area contributed by atoms with E-state index in [-0.39, 0.29) is 11.6 Å². The van der Waals surface area contributed by atoms with Crippen molar-refractivity contribution in [2.24, 2.45) is 0 Å². The standard InChI is InChI=1S/C14H10Br2N2O3/c15-10-3-6-12(13(16)7-10)14(19)17-8-9-1-4-11(5-2-9)18(20)21/h1-7H,8H2,(H,17,19). The second-order valence-electron chi connectivity index (χ2n) is 4.23. The van der Waals surface area contributed by atoms with Crippen LogP contribution in [0.1, 0.15) is 15.9 Å². The molecule has 0 aliphatic rings. The second kappa shape index (κ2) is 6.82. The minimum atomic E-state index is -0.457. The fraction of sp³-hybridized carbons (Fsp3) is 0.0714. The van der Waals surface area contributed by atoms with E-state index in [0.29, 0.717) is 16.6 Å². The zero-order valence-corrected chi connectivity index (χ0v) is 13.8. The molecule has 108 valence electrons. The van der Waals surface area contributed by atoms with Crippen LogP contribution in [-0.2, 0) is 6.54 Å². The first kappa shape index (κ1) is 15.7. The van der Waals surface area contributed by atoms with Gasteiger partial charge in [0.2, 0.25) is 0 Å². The van der Waals surface area contributed by atoms with Gasteiger partial charge in [0.05, 0.1) is 10.5 Å². The Bertz CT molecular complexity index is 687. The van der Waals surface area contributed by atoms with Crippen LogP contribution in [0, 0.1) is 10.1 Å². The van der Waals surface area contributed by atoms with E-state index in [0.717, 1.165) is 10.0 Å². The van der Waals surface area contributed by atoms with Crippen LogP contribution in [0.3, 0.4) is 0 Å². The van der Waals surface area contributed by atoms with Crippen molar-refractivity contribution >= 4 is 43.5 Å². The van der Waals surface area contributed by atoms with E-state index < -0.39 is 4.92 Å². The van der Waals surface area contributed by atoms with Gasteiger partial charge in [0, 0.05) is 27.6 Å². The molecule has 1 N–H and O–H groups in total. The summed E-state index contributed by atoms with van der Waals surface area (Å²) in [6, 6.07) is 11.4. The molecule has 0 spiro atoms. The number of halogens is 2. The number of amides is 1. The van der Waals surface area contributed by atoms with E-state index in [2.05, 4.69) is 37.2 Å². The number of non-ortho nitro benzene ring substituents is 1. The molecule has 2 rings (SSSR count). The molecule has 7 heteroatoms. The predicted octanol–water partition coefficient (Wildman–Crippen LogP) is 4.05. The molecule has 0 saturated heterocycles. The molecule has 5 nitrogen and oxygen atoms in total. The number of carbonyl (C=O) groups excluding carboxylic acids is 1. The minimum absolute atomic E-state index is 0.0285. The van der Waals surface area contributed by atoms with E-state index in [1.807, 2.05) is 0 Å². The first-order valence-electron chi connectivity index (χ1n) is 5.94. The molecule has 0 unspecified atom stereocenters. The normalized spacial score (nSPS) is 10.2. The van der Waals surface area contributed by atoms with Crippen LogP contribution in [0.2, 0.25) is 0 Å². The monoisotopic (exact) mass is 412 g/mol. The summed E-state index contributed by atoms with van der Waals surface area (Å²) in [5.74, 6) is -0.215. The minimum Gasteiger partial charge on any atom is -0.348 e. The maximum atomic E-state index is 12.1. The lowest BCUT2D eigenvalue weighted by molar-refractivity contribution is -0.384. The van der Waals surface area contributed by atoms with Crippen LogP contribution in [0.15, 0.2) is 51.4 Å². The highest BCUT2D eigenvalue weighted by Gasteiger charge is 2.10. The molecule has 0 heterocycles. The largest absolute Gasteiger partial charge is 0.348 e. The third-order valence-electron chi connectivity index (χ3n) is 2.78. The number of nitrogens with zero attached hydrogens (tertiary/aromatic N) is 1. The lowest BCUT2D eigenvalue weighted by Gasteiger charge is -2.07. The number of hydrogen-bond donors (Lipinski definition) is 1. The van der Waals surface area contributed by atoms with Crippen molar-refractivity contribution in [1.82, 2.24) is 5.32 Å². The van der Waals surface area contributed by atoms with Gasteiger partial charge in [-0.2, -0.15) is 0 Å². The molecular formula is C14H10Br2N2O3. The molecule has 0 aromatic heterocycles. The molecule has 1 amide bonds. The van der Waals surface area contributed by atoms with Gasteiger partial charge in [0.25, 0.3) is 11.6 Å². The summed E-state index contributed by atoms with van der Waals surface area (Å²) in [6.45, 7) is 0.305. The Labute approximate surface area is 137 Å². The molecule has 0 aliphatic carbocycles. The third-order valence-corrected chi connectivity index (χ3v) is 3.93. The molecule has 0 bridgehead atoms.